The summed E-state index contributed by atoms with van der Waals surface area (Å²) in [5.74, 6) is 0.462. The summed E-state index contributed by atoms with van der Waals surface area (Å²) < 4.78 is 0. The van der Waals surface area contributed by atoms with Gasteiger partial charge in [-0.2, -0.15) is 5.26 Å². The van der Waals surface area contributed by atoms with Crippen molar-refractivity contribution in [3.63, 3.8) is 0 Å². The average Bonchev–Trinajstić information content (AvgIpc) is 2.33. The molecule has 0 bridgehead atoms. The number of carbonyl (C=O) groups is 1. The van der Waals surface area contributed by atoms with Crippen molar-refractivity contribution in [3.05, 3.63) is 0 Å². The molecule has 1 amide bonds. The average molecular weight is 224 g/mol. The first-order valence-corrected chi connectivity index (χ1v) is 6.15. The second-order valence-corrected chi connectivity index (χ2v) is 4.65. The van der Waals surface area contributed by atoms with Gasteiger partial charge in [0, 0.05) is 13.1 Å². The zero-order valence-electron chi connectivity index (χ0n) is 11.2. The molecule has 0 aliphatic heterocycles. The monoisotopic (exact) mass is 224 g/mol. The van der Waals surface area contributed by atoms with Gasteiger partial charge < -0.3 is 4.90 Å². The quantitative estimate of drug-likeness (QED) is 0.696. The molecule has 2 unspecified atom stereocenters. The minimum absolute atomic E-state index is 0.0275. The minimum Gasteiger partial charge on any atom is -0.341 e. The Morgan fingerprint density at radius 3 is 2.31 bits per heavy atom. The van der Waals surface area contributed by atoms with Gasteiger partial charge >= 0.3 is 0 Å². The lowest BCUT2D eigenvalue weighted by molar-refractivity contribution is -0.138. The van der Waals surface area contributed by atoms with Crippen molar-refractivity contribution in [2.45, 2.75) is 47.5 Å². The predicted octanol–water partition coefficient (Wildman–Crippen LogP) is 2.82. The molecule has 0 aromatic carbocycles. The van der Waals surface area contributed by atoms with Crippen molar-refractivity contribution in [2.24, 2.45) is 11.3 Å². The Labute approximate surface area is 99.4 Å². The fraction of sp³-hybridized carbons (Fsp3) is 0.846. The number of carbonyl (C=O) groups excluding carboxylic acids is 1. The zero-order chi connectivity index (χ0) is 12.8. The lowest BCUT2D eigenvalue weighted by Crippen LogP contribution is -2.43. The maximum atomic E-state index is 12.2. The van der Waals surface area contributed by atoms with Crippen LogP contribution in [0.15, 0.2) is 0 Å². The standard InChI is InChI=1S/C13H24N2O/c1-6-11(4)9-15(8-3)12(16)13(5,7-2)10-14/h11H,6-9H2,1-5H3. The van der Waals surface area contributed by atoms with E-state index < -0.39 is 5.41 Å². The molecule has 92 valence electrons. The van der Waals surface area contributed by atoms with Gasteiger partial charge in [-0.1, -0.05) is 27.2 Å². The van der Waals surface area contributed by atoms with Gasteiger partial charge in [0.25, 0.3) is 0 Å². The molecule has 0 radical (unpaired) electrons. The summed E-state index contributed by atoms with van der Waals surface area (Å²) in [6, 6.07) is 2.14. The normalized spacial score (nSPS) is 16.0. The molecule has 16 heavy (non-hydrogen) atoms. The molecule has 0 spiro atoms. The third kappa shape index (κ3) is 3.52. The van der Waals surface area contributed by atoms with E-state index in [1.165, 1.54) is 0 Å². The third-order valence-electron chi connectivity index (χ3n) is 3.32. The smallest absolute Gasteiger partial charge is 0.242 e. The van der Waals surface area contributed by atoms with Crippen LogP contribution in [0.1, 0.15) is 47.5 Å². The van der Waals surface area contributed by atoms with Gasteiger partial charge in [-0.3, -0.25) is 4.79 Å². The summed E-state index contributed by atoms with van der Waals surface area (Å²) in [5, 5.41) is 9.09. The highest BCUT2D eigenvalue weighted by Crippen LogP contribution is 2.23. The van der Waals surface area contributed by atoms with E-state index in [9.17, 15) is 4.79 Å². The van der Waals surface area contributed by atoms with Gasteiger partial charge in [-0.25, -0.2) is 0 Å². The van der Waals surface area contributed by atoms with Gasteiger partial charge in [-0.05, 0) is 26.2 Å². The van der Waals surface area contributed by atoms with E-state index in [-0.39, 0.29) is 5.91 Å². The molecule has 0 aliphatic rings. The van der Waals surface area contributed by atoms with Crippen molar-refractivity contribution >= 4 is 5.91 Å². The summed E-state index contributed by atoms with van der Waals surface area (Å²) in [6.45, 7) is 11.3. The Hall–Kier alpha value is -1.04. The first kappa shape index (κ1) is 15.0. The van der Waals surface area contributed by atoms with Crippen molar-refractivity contribution < 1.29 is 4.79 Å². The van der Waals surface area contributed by atoms with Crippen LogP contribution in [0, 0.1) is 22.7 Å². The zero-order valence-corrected chi connectivity index (χ0v) is 11.2. The number of amides is 1. The van der Waals surface area contributed by atoms with Crippen LogP contribution in [0.4, 0.5) is 0 Å². The molecule has 0 rings (SSSR count). The lowest BCUT2D eigenvalue weighted by Gasteiger charge is -2.30. The Kier molecular flexibility index (Phi) is 6.10. The van der Waals surface area contributed by atoms with Crippen LogP contribution in [0.5, 0.6) is 0 Å². The summed E-state index contributed by atoms with van der Waals surface area (Å²) >= 11 is 0. The van der Waals surface area contributed by atoms with E-state index in [1.807, 2.05) is 13.8 Å². The Balaban J connectivity index is 4.72. The molecule has 0 aromatic heterocycles. The fourth-order valence-corrected chi connectivity index (χ4v) is 1.49. The molecule has 0 aromatic rings. The van der Waals surface area contributed by atoms with Gasteiger partial charge in [0.05, 0.1) is 6.07 Å². The largest absolute Gasteiger partial charge is 0.341 e. The molecule has 0 aliphatic carbocycles. The molecule has 3 nitrogen and oxygen atoms in total. The summed E-state index contributed by atoms with van der Waals surface area (Å²) in [7, 11) is 0. The second-order valence-electron chi connectivity index (χ2n) is 4.65. The molecule has 0 heterocycles. The number of rotatable bonds is 6. The molecular formula is C13H24N2O. The van der Waals surface area contributed by atoms with Crippen LogP contribution in [-0.2, 0) is 4.79 Å². The third-order valence-corrected chi connectivity index (χ3v) is 3.32. The highest BCUT2D eigenvalue weighted by Gasteiger charge is 2.34. The number of nitriles is 1. The number of hydrogen-bond acceptors (Lipinski definition) is 2. The molecule has 0 fully saturated rings. The predicted molar refractivity (Wildman–Crippen MR) is 65.7 cm³/mol. The van der Waals surface area contributed by atoms with Crippen LogP contribution in [0.2, 0.25) is 0 Å². The Bertz CT molecular complexity index is 270. The first-order chi connectivity index (χ1) is 7.45. The molecule has 0 N–H and O–H groups in total. The van der Waals surface area contributed by atoms with E-state index >= 15 is 0 Å². The lowest BCUT2D eigenvalue weighted by atomic mass is 9.87. The second kappa shape index (κ2) is 6.52. The van der Waals surface area contributed by atoms with Gasteiger partial charge in [-0.15, -0.1) is 0 Å². The molecular weight excluding hydrogens is 200 g/mol. The number of nitrogens with zero attached hydrogens (tertiary/aromatic N) is 2. The maximum Gasteiger partial charge on any atom is 0.242 e. The fourth-order valence-electron chi connectivity index (χ4n) is 1.49. The van der Waals surface area contributed by atoms with Crippen LogP contribution in [-0.4, -0.2) is 23.9 Å². The van der Waals surface area contributed by atoms with Crippen LogP contribution < -0.4 is 0 Å². The Morgan fingerprint density at radius 2 is 2.00 bits per heavy atom. The van der Waals surface area contributed by atoms with Gasteiger partial charge in [0.2, 0.25) is 5.91 Å². The van der Waals surface area contributed by atoms with Crippen molar-refractivity contribution in [3.8, 4) is 6.07 Å². The summed E-state index contributed by atoms with van der Waals surface area (Å²) in [4.78, 5) is 14.0. The highest BCUT2D eigenvalue weighted by atomic mass is 16.2. The van der Waals surface area contributed by atoms with Crippen molar-refractivity contribution in [2.75, 3.05) is 13.1 Å². The topological polar surface area (TPSA) is 44.1 Å². The van der Waals surface area contributed by atoms with Crippen LogP contribution in [0.3, 0.4) is 0 Å². The molecule has 2 atom stereocenters. The van der Waals surface area contributed by atoms with Gasteiger partial charge in [0.1, 0.15) is 5.41 Å². The summed E-state index contributed by atoms with van der Waals surface area (Å²) in [5.41, 5.74) is -0.858. The van der Waals surface area contributed by atoms with Crippen molar-refractivity contribution in [1.82, 2.24) is 4.90 Å². The van der Waals surface area contributed by atoms with Crippen LogP contribution in [0.25, 0.3) is 0 Å². The van der Waals surface area contributed by atoms with Gasteiger partial charge in [0.15, 0.2) is 0 Å². The van der Waals surface area contributed by atoms with E-state index in [0.29, 0.717) is 18.9 Å². The molecule has 3 heteroatoms. The minimum atomic E-state index is -0.858. The summed E-state index contributed by atoms with van der Waals surface area (Å²) in [6.07, 6.45) is 1.62. The van der Waals surface area contributed by atoms with E-state index in [1.54, 1.807) is 11.8 Å². The molecule has 0 saturated heterocycles. The van der Waals surface area contributed by atoms with Crippen molar-refractivity contribution in [1.29, 1.82) is 5.26 Å². The molecule has 0 saturated carbocycles. The highest BCUT2D eigenvalue weighted by molar-refractivity contribution is 5.85. The van der Waals surface area contributed by atoms with E-state index in [4.69, 9.17) is 5.26 Å². The maximum absolute atomic E-state index is 12.2. The van der Waals surface area contributed by atoms with Crippen LogP contribution >= 0.6 is 0 Å². The first-order valence-electron chi connectivity index (χ1n) is 6.15. The van der Waals surface area contributed by atoms with E-state index in [0.717, 1.165) is 13.0 Å². The number of hydrogen-bond donors (Lipinski definition) is 0. The van der Waals surface area contributed by atoms with E-state index in [2.05, 4.69) is 19.9 Å². The SMILES string of the molecule is CCC(C)CN(CC)C(=O)C(C)(C#N)CC. The Morgan fingerprint density at radius 1 is 1.44 bits per heavy atom.